The van der Waals surface area contributed by atoms with Crippen LogP contribution >= 0.6 is 0 Å². The minimum absolute atomic E-state index is 0.0245. The summed E-state index contributed by atoms with van der Waals surface area (Å²) in [6, 6.07) is 0.415. The van der Waals surface area contributed by atoms with E-state index < -0.39 is 0 Å². The van der Waals surface area contributed by atoms with Crippen LogP contribution in [0.5, 0.6) is 0 Å². The fourth-order valence-corrected chi connectivity index (χ4v) is 3.51. The molecule has 2 aliphatic carbocycles. The van der Waals surface area contributed by atoms with Gasteiger partial charge in [-0.3, -0.25) is 4.90 Å². The van der Waals surface area contributed by atoms with Crippen LogP contribution in [0, 0.1) is 0 Å². The second-order valence-corrected chi connectivity index (χ2v) is 6.49. The summed E-state index contributed by atoms with van der Waals surface area (Å²) in [6.45, 7) is 4.45. The third kappa shape index (κ3) is 3.44. The molecule has 114 valence electrons. The zero-order valence-corrected chi connectivity index (χ0v) is 12.3. The summed E-state index contributed by atoms with van der Waals surface area (Å²) in [7, 11) is 0. The Labute approximate surface area is 121 Å². The molecule has 3 rings (SSSR count). The number of amides is 2. The van der Waals surface area contributed by atoms with Crippen LogP contribution in [0.25, 0.3) is 0 Å². The highest BCUT2D eigenvalue weighted by Gasteiger charge is 2.48. The molecule has 3 aliphatic rings. The number of morpholine rings is 1. The first-order valence-corrected chi connectivity index (χ1v) is 8.16. The molecule has 1 saturated heterocycles. The Hall–Kier alpha value is -0.810. The maximum Gasteiger partial charge on any atom is 0.315 e. The van der Waals surface area contributed by atoms with Crippen LogP contribution in [0.4, 0.5) is 4.79 Å². The molecule has 0 unspecified atom stereocenters. The van der Waals surface area contributed by atoms with Gasteiger partial charge in [-0.15, -0.1) is 0 Å². The van der Waals surface area contributed by atoms with Crippen molar-refractivity contribution < 1.29 is 9.53 Å². The van der Waals surface area contributed by atoms with E-state index in [-0.39, 0.29) is 11.6 Å². The first-order chi connectivity index (χ1) is 9.78. The van der Waals surface area contributed by atoms with Crippen molar-refractivity contribution in [3.63, 3.8) is 0 Å². The van der Waals surface area contributed by atoms with E-state index in [1.165, 1.54) is 32.1 Å². The lowest BCUT2D eigenvalue weighted by Crippen LogP contribution is -2.52. The first-order valence-electron chi connectivity index (χ1n) is 8.16. The predicted molar refractivity (Wildman–Crippen MR) is 77.8 cm³/mol. The average Bonchev–Trinajstić information content (AvgIpc) is 3.28. The second kappa shape index (κ2) is 6.31. The van der Waals surface area contributed by atoms with E-state index in [0.717, 1.165) is 45.7 Å². The highest BCUT2D eigenvalue weighted by molar-refractivity contribution is 5.74. The van der Waals surface area contributed by atoms with Crippen LogP contribution in [0.2, 0.25) is 0 Å². The van der Waals surface area contributed by atoms with Crippen LogP contribution < -0.4 is 10.6 Å². The van der Waals surface area contributed by atoms with Crippen LogP contribution in [0.15, 0.2) is 0 Å². The van der Waals surface area contributed by atoms with Crippen molar-refractivity contribution in [3.05, 3.63) is 0 Å². The van der Waals surface area contributed by atoms with E-state index in [1.54, 1.807) is 0 Å². The van der Waals surface area contributed by atoms with E-state index in [9.17, 15) is 4.79 Å². The van der Waals surface area contributed by atoms with E-state index in [0.29, 0.717) is 6.04 Å². The molecule has 0 radical (unpaired) electrons. The van der Waals surface area contributed by atoms with Gasteiger partial charge in [-0.2, -0.15) is 0 Å². The Morgan fingerprint density at radius 3 is 2.50 bits per heavy atom. The summed E-state index contributed by atoms with van der Waals surface area (Å²) < 4.78 is 5.41. The van der Waals surface area contributed by atoms with E-state index in [2.05, 4.69) is 15.5 Å². The topological polar surface area (TPSA) is 53.6 Å². The van der Waals surface area contributed by atoms with Gasteiger partial charge in [-0.1, -0.05) is 19.3 Å². The van der Waals surface area contributed by atoms with Crippen molar-refractivity contribution >= 4 is 6.03 Å². The molecule has 20 heavy (non-hydrogen) atoms. The van der Waals surface area contributed by atoms with Crippen molar-refractivity contribution in [1.82, 2.24) is 15.5 Å². The number of rotatable bonds is 4. The molecule has 3 fully saturated rings. The monoisotopic (exact) mass is 281 g/mol. The van der Waals surface area contributed by atoms with Gasteiger partial charge in [-0.05, 0) is 25.7 Å². The Balaban J connectivity index is 1.40. The molecule has 1 heterocycles. The number of ether oxygens (including phenoxy) is 1. The number of urea groups is 1. The summed E-state index contributed by atoms with van der Waals surface area (Å²) in [5, 5.41) is 6.23. The number of nitrogens with zero attached hydrogens (tertiary/aromatic N) is 1. The molecule has 5 heteroatoms. The van der Waals surface area contributed by atoms with Crippen molar-refractivity contribution in [2.24, 2.45) is 0 Å². The summed E-state index contributed by atoms with van der Waals surface area (Å²) in [4.78, 5) is 14.5. The Kier molecular flexibility index (Phi) is 4.46. The standard InChI is InChI=1S/C15H27N3O2/c19-14(17-13-4-2-1-3-5-13)16-12-15(6-7-15)18-8-10-20-11-9-18/h13H,1-12H2,(H2,16,17,19). The zero-order valence-electron chi connectivity index (χ0n) is 12.3. The molecule has 0 aromatic carbocycles. The lowest BCUT2D eigenvalue weighted by Gasteiger charge is -2.35. The Morgan fingerprint density at radius 2 is 1.85 bits per heavy atom. The molecule has 0 aromatic rings. The Morgan fingerprint density at radius 1 is 1.15 bits per heavy atom. The largest absolute Gasteiger partial charge is 0.379 e. The van der Waals surface area contributed by atoms with Gasteiger partial charge in [0, 0.05) is 31.2 Å². The number of nitrogens with one attached hydrogen (secondary N) is 2. The number of hydrogen-bond acceptors (Lipinski definition) is 3. The van der Waals surface area contributed by atoms with Crippen molar-refractivity contribution in [1.29, 1.82) is 0 Å². The van der Waals surface area contributed by atoms with Gasteiger partial charge in [-0.25, -0.2) is 4.79 Å². The highest BCUT2D eigenvalue weighted by Crippen LogP contribution is 2.41. The third-order valence-electron chi connectivity index (χ3n) is 5.03. The normalized spacial score (nSPS) is 27.0. The Bertz CT molecular complexity index is 332. The second-order valence-electron chi connectivity index (χ2n) is 6.49. The van der Waals surface area contributed by atoms with Gasteiger partial charge in [0.05, 0.1) is 13.2 Å². The SMILES string of the molecule is O=C(NCC1(N2CCOCC2)CC1)NC1CCCCC1. The fourth-order valence-electron chi connectivity index (χ4n) is 3.51. The van der Waals surface area contributed by atoms with Crippen LogP contribution in [0.3, 0.4) is 0 Å². The first kappa shape index (κ1) is 14.1. The molecule has 1 aliphatic heterocycles. The molecule has 2 N–H and O–H groups in total. The zero-order chi connectivity index (χ0) is 13.8. The maximum absolute atomic E-state index is 12.0. The van der Waals surface area contributed by atoms with Crippen molar-refractivity contribution in [2.75, 3.05) is 32.8 Å². The molecular formula is C15H27N3O2. The number of carbonyl (C=O) groups excluding carboxylic acids is 1. The maximum atomic E-state index is 12.0. The minimum atomic E-state index is 0.0245. The average molecular weight is 281 g/mol. The van der Waals surface area contributed by atoms with Gasteiger partial charge in [0.1, 0.15) is 0 Å². The summed E-state index contributed by atoms with van der Waals surface area (Å²) in [5.74, 6) is 0. The smallest absolute Gasteiger partial charge is 0.315 e. The highest BCUT2D eigenvalue weighted by atomic mass is 16.5. The molecule has 0 aromatic heterocycles. The van der Waals surface area contributed by atoms with E-state index in [4.69, 9.17) is 4.74 Å². The third-order valence-corrected chi connectivity index (χ3v) is 5.03. The molecule has 2 amide bonds. The van der Waals surface area contributed by atoms with E-state index >= 15 is 0 Å². The molecule has 0 bridgehead atoms. The molecular weight excluding hydrogens is 254 g/mol. The quantitative estimate of drug-likeness (QED) is 0.821. The van der Waals surface area contributed by atoms with Gasteiger partial charge >= 0.3 is 6.03 Å². The van der Waals surface area contributed by atoms with Gasteiger partial charge in [0.25, 0.3) is 0 Å². The summed E-state index contributed by atoms with van der Waals surface area (Å²) in [5.41, 5.74) is 0.230. The minimum Gasteiger partial charge on any atom is -0.379 e. The van der Waals surface area contributed by atoms with Crippen LogP contribution in [-0.2, 0) is 4.74 Å². The number of carbonyl (C=O) groups is 1. The van der Waals surface area contributed by atoms with E-state index in [1.807, 2.05) is 0 Å². The van der Waals surface area contributed by atoms with Gasteiger partial charge in [0.2, 0.25) is 0 Å². The fraction of sp³-hybridized carbons (Fsp3) is 0.933. The summed E-state index contributed by atoms with van der Waals surface area (Å²) >= 11 is 0. The molecule has 2 saturated carbocycles. The molecule has 0 atom stereocenters. The molecule has 0 spiro atoms. The van der Waals surface area contributed by atoms with Gasteiger partial charge < -0.3 is 15.4 Å². The van der Waals surface area contributed by atoms with Crippen molar-refractivity contribution in [2.45, 2.75) is 56.5 Å². The lowest BCUT2D eigenvalue weighted by atomic mass is 9.96. The predicted octanol–water partition coefficient (Wildman–Crippen LogP) is 1.48. The lowest BCUT2D eigenvalue weighted by molar-refractivity contribution is 0.0102. The molecule has 5 nitrogen and oxygen atoms in total. The van der Waals surface area contributed by atoms with Crippen molar-refractivity contribution in [3.8, 4) is 0 Å². The van der Waals surface area contributed by atoms with Crippen LogP contribution in [0.1, 0.15) is 44.9 Å². The number of hydrogen-bond donors (Lipinski definition) is 2. The van der Waals surface area contributed by atoms with Gasteiger partial charge in [0.15, 0.2) is 0 Å². The van der Waals surface area contributed by atoms with Crippen LogP contribution in [-0.4, -0.2) is 55.4 Å². The summed E-state index contributed by atoms with van der Waals surface area (Å²) in [6.07, 6.45) is 8.52.